The van der Waals surface area contributed by atoms with Crippen molar-refractivity contribution in [3.63, 3.8) is 0 Å². The summed E-state index contributed by atoms with van der Waals surface area (Å²) >= 11 is 6.83. The Bertz CT molecular complexity index is 944. The summed E-state index contributed by atoms with van der Waals surface area (Å²) in [4.78, 5) is 26.1. The van der Waals surface area contributed by atoms with Crippen molar-refractivity contribution in [2.45, 2.75) is 20.3 Å². The second-order valence-corrected chi connectivity index (χ2v) is 8.58. The highest BCUT2D eigenvalue weighted by Crippen LogP contribution is 2.31. The van der Waals surface area contributed by atoms with E-state index in [0.29, 0.717) is 17.1 Å². The highest BCUT2D eigenvalue weighted by molar-refractivity contribution is 9.11. The second kappa shape index (κ2) is 11.1. The predicted molar refractivity (Wildman–Crippen MR) is 127 cm³/mol. The maximum absolute atomic E-state index is 12.1. The Morgan fingerprint density at radius 3 is 2.37 bits per heavy atom. The van der Waals surface area contributed by atoms with Crippen LogP contribution in [0.1, 0.15) is 18.9 Å². The summed E-state index contributed by atoms with van der Waals surface area (Å²) in [6.45, 7) is 3.41. The third-order valence-electron chi connectivity index (χ3n) is 4.03. The summed E-state index contributed by atoms with van der Waals surface area (Å²) in [5.41, 5.74) is 5.61. The van der Waals surface area contributed by atoms with E-state index in [1.807, 2.05) is 62.3 Å². The largest absolute Gasteiger partial charge is 0.483 e. The number of hydrazone groups is 1. The molecule has 2 amide bonds. The monoisotopic (exact) mass is 538 g/mol. The zero-order chi connectivity index (χ0) is 22.3. The van der Waals surface area contributed by atoms with Crippen LogP contribution in [-0.4, -0.2) is 38.2 Å². The molecule has 0 bridgehead atoms. The van der Waals surface area contributed by atoms with Crippen LogP contribution in [0, 0.1) is 6.92 Å². The van der Waals surface area contributed by atoms with E-state index in [2.05, 4.69) is 47.7 Å². The first-order chi connectivity index (χ1) is 14.2. The van der Waals surface area contributed by atoms with Gasteiger partial charge in [-0.05, 0) is 71.7 Å². The maximum atomic E-state index is 12.1. The van der Waals surface area contributed by atoms with Gasteiger partial charge in [0.25, 0.3) is 5.91 Å². The molecule has 0 radical (unpaired) electrons. The van der Waals surface area contributed by atoms with Crippen LogP contribution in [0.4, 0.5) is 11.4 Å². The summed E-state index contributed by atoms with van der Waals surface area (Å²) in [5, 5.41) is 6.76. The standard InChI is InChI=1S/C21H24Br2N4O3/c1-13-9-19(18(23)11-17(13)22)30-12-21(29)26-25-14(2)10-20(28)24-15-5-7-16(8-6-15)27(3)4/h5-9,11H,10,12H2,1-4H3,(H,24,28)(H,26,29)/b25-14+. The molecule has 0 atom stereocenters. The number of ether oxygens (including phenoxy) is 1. The maximum Gasteiger partial charge on any atom is 0.277 e. The Labute approximate surface area is 193 Å². The van der Waals surface area contributed by atoms with Crippen molar-refractivity contribution in [2.75, 3.05) is 30.9 Å². The van der Waals surface area contributed by atoms with E-state index < -0.39 is 5.91 Å². The average molecular weight is 540 g/mol. The number of carbonyl (C=O) groups excluding carboxylic acids is 2. The van der Waals surface area contributed by atoms with Crippen molar-refractivity contribution in [3.8, 4) is 5.75 Å². The van der Waals surface area contributed by atoms with E-state index in [1.54, 1.807) is 6.92 Å². The average Bonchev–Trinajstić information content (AvgIpc) is 2.68. The van der Waals surface area contributed by atoms with Crippen molar-refractivity contribution >= 4 is 60.8 Å². The van der Waals surface area contributed by atoms with Crippen LogP contribution in [0.5, 0.6) is 5.75 Å². The molecule has 160 valence electrons. The minimum Gasteiger partial charge on any atom is -0.483 e. The van der Waals surface area contributed by atoms with Crippen molar-refractivity contribution in [3.05, 3.63) is 50.9 Å². The van der Waals surface area contributed by atoms with Crippen LogP contribution in [0.2, 0.25) is 0 Å². The molecule has 0 aromatic heterocycles. The minimum atomic E-state index is -0.415. The molecule has 0 aliphatic heterocycles. The number of anilines is 2. The lowest BCUT2D eigenvalue weighted by atomic mass is 10.2. The Morgan fingerprint density at radius 2 is 1.73 bits per heavy atom. The van der Waals surface area contributed by atoms with Crippen LogP contribution in [0.3, 0.4) is 0 Å². The predicted octanol–water partition coefficient (Wildman–Crippen LogP) is 4.49. The molecule has 0 saturated heterocycles. The molecule has 2 rings (SSSR count). The number of hydrogen-bond acceptors (Lipinski definition) is 5. The second-order valence-electron chi connectivity index (χ2n) is 6.87. The Morgan fingerprint density at radius 1 is 1.07 bits per heavy atom. The smallest absolute Gasteiger partial charge is 0.277 e. The molecule has 0 saturated carbocycles. The van der Waals surface area contributed by atoms with Gasteiger partial charge >= 0.3 is 0 Å². The zero-order valence-electron chi connectivity index (χ0n) is 17.3. The molecule has 0 aliphatic rings. The first-order valence-corrected chi connectivity index (χ1v) is 10.7. The van der Waals surface area contributed by atoms with Crippen molar-refractivity contribution in [2.24, 2.45) is 5.10 Å². The lowest BCUT2D eigenvalue weighted by molar-refractivity contribution is -0.123. The molecular formula is C21H24Br2N4O3. The molecule has 2 N–H and O–H groups in total. The molecule has 7 nitrogen and oxygen atoms in total. The molecule has 0 fully saturated rings. The fourth-order valence-corrected chi connectivity index (χ4v) is 3.50. The zero-order valence-corrected chi connectivity index (χ0v) is 20.4. The third kappa shape index (κ3) is 7.46. The van der Waals surface area contributed by atoms with Gasteiger partial charge in [-0.25, -0.2) is 5.43 Å². The van der Waals surface area contributed by atoms with E-state index in [9.17, 15) is 9.59 Å². The summed E-state index contributed by atoms with van der Waals surface area (Å²) in [6, 6.07) is 11.2. The van der Waals surface area contributed by atoms with E-state index in [1.165, 1.54) is 0 Å². The number of rotatable bonds is 8. The number of carbonyl (C=O) groups is 2. The van der Waals surface area contributed by atoms with Gasteiger partial charge in [0.15, 0.2) is 6.61 Å². The van der Waals surface area contributed by atoms with Crippen molar-refractivity contribution < 1.29 is 14.3 Å². The summed E-state index contributed by atoms with van der Waals surface area (Å²) < 4.78 is 7.20. The van der Waals surface area contributed by atoms with Gasteiger partial charge in [0.05, 0.1) is 10.9 Å². The highest BCUT2D eigenvalue weighted by Gasteiger charge is 2.09. The SMILES string of the molecule is C/C(CC(=O)Nc1ccc(N(C)C)cc1)=N\NC(=O)COc1cc(C)c(Br)cc1Br. The van der Waals surface area contributed by atoms with E-state index in [4.69, 9.17) is 4.74 Å². The van der Waals surface area contributed by atoms with Crippen LogP contribution in [-0.2, 0) is 9.59 Å². The van der Waals surface area contributed by atoms with Gasteiger partial charge in [0.2, 0.25) is 5.91 Å². The van der Waals surface area contributed by atoms with Gasteiger partial charge in [0.1, 0.15) is 5.75 Å². The Balaban J connectivity index is 1.80. The van der Waals surface area contributed by atoms with Gasteiger partial charge in [-0.1, -0.05) is 15.9 Å². The molecule has 0 spiro atoms. The number of nitrogens with one attached hydrogen (secondary N) is 2. The number of nitrogens with zero attached hydrogens (tertiary/aromatic N) is 2. The third-order valence-corrected chi connectivity index (χ3v) is 5.50. The number of benzene rings is 2. The lowest BCUT2D eigenvalue weighted by Crippen LogP contribution is -2.26. The molecule has 0 aliphatic carbocycles. The van der Waals surface area contributed by atoms with Crippen LogP contribution < -0.4 is 20.4 Å². The Hall–Kier alpha value is -2.39. The van der Waals surface area contributed by atoms with Gasteiger partial charge < -0.3 is 15.0 Å². The first-order valence-electron chi connectivity index (χ1n) is 9.13. The van der Waals surface area contributed by atoms with Crippen molar-refractivity contribution in [1.82, 2.24) is 5.43 Å². The summed E-state index contributed by atoms with van der Waals surface area (Å²) in [7, 11) is 3.90. The lowest BCUT2D eigenvalue weighted by Gasteiger charge is -2.13. The molecule has 0 unspecified atom stereocenters. The van der Waals surface area contributed by atoms with Gasteiger partial charge in [-0.2, -0.15) is 5.10 Å². The summed E-state index contributed by atoms with van der Waals surface area (Å²) in [6.07, 6.45) is 0.0635. The van der Waals surface area contributed by atoms with Crippen molar-refractivity contribution in [1.29, 1.82) is 0 Å². The fraction of sp³-hybridized carbons (Fsp3) is 0.286. The number of halogens is 2. The van der Waals surface area contributed by atoms with Gasteiger partial charge in [0, 0.05) is 35.7 Å². The molecule has 2 aromatic carbocycles. The highest BCUT2D eigenvalue weighted by atomic mass is 79.9. The molecular weight excluding hydrogens is 516 g/mol. The van der Waals surface area contributed by atoms with E-state index >= 15 is 0 Å². The Kier molecular flexibility index (Phi) is 8.86. The molecule has 0 heterocycles. The van der Waals surface area contributed by atoms with Crippen LogP contribution in [0.25, 0.3) is 0 Å². The minimum absolute atomic E-state index is 0.0635. The number of amides is 2. The quantitative estimate of drug-likeness (QED) is 0.382. The van der Waals surface area contributed by atoms with Gasteiger partial charge in [-0.15, -0.1) is 0 Å². The molecule has 2 aromatic rings. The number of hydrogen-bond donors (Lipinski definition) is 2. The van der Waals surface area contributed by atoms with E-state index in [0.717, 1.165) is 20.2 Å². The molecule has 9 heteroatoms. The van der Waals surface area contributed by atoms with Gasteiger partial charge in [-0.3, -0.25) is 9.59 Å². The number of aryl methyl sites for hydroxylation is 1. The van der Waals surface area contributed by atoms with Crippen LogP contribution in [0.15, 0.2) is 50.4 Å². The van der Waals surface area contributed by atoms with Crippen LogP contribution >= 0.6 is 31.9 Å². The van der Waals surface area contributed by atoms with E-state index in [-0.39, 0.29) is 18.9 Å². The summed E-state index contributed by atoms with van der Waals surface area (Å²) in [5.74, 6) is -0.0682. The normalized spacial score (nSPS) is 11.1. The molecule has 30 heavy (non-hydrogen) atoms. The fourth-order valence-electron chi connectivity index (χ4n) is 2.39. The first kappa shape index (κ1) is 23.9. The topological polar surface area (TPSA) is 83.0 Å².